The molecule has 0 amide bonds. The molecule has 0 unspecified atom stereocenters. The second kappa shape index (κ2) is 6.47. The van der Waals surface area contributed by atoms with E-state index in [0.717, 1.165) is 12.0 Å². The molecule has 0 fully saturated rings. The van der Waals surface area contributed by atoms with Gasteiger partial charge in [-0.2, -0.15) is 5.26 Å². The van der Waals surface area contributed by atoms with Crippen LogP contribution in [0, 0.1) is 11.3 Å². The minimum absolute atomic E-state index is 0.439. The Hall–Kier alpha value is -1.96. The zero-order valence-electron chi connectivity index (χ0n) is 10.5. The Balaban J connectivity index is 1.98. The first-order valence-electron chi connectivity index (χ1n) is 5.93. The van der Waals surface area contributed by atoms with Gasteiger partial charge in [-0.25, -0.2) is 4.98 Å². The van der Waals surface area contributed by atoms with Crippen molar-refractivity contribution in [3.63, 3.8) is 0 Å². The standard InChI is InChI=1S/C14H12Cl2N4/c15-11-2-1-10(12(16)6-11)3-4-19-14-13(18)5-9(7-17)8-20-14/h1-2,5-6,8H,3-4,18H2,(H,19,20). The third-order valence-corrected chi connectivity index (χ3v) is 3.34. The molecule has 0 atom stereocenters. The fourth-order valence-corrected chi connectivity index (χ4v) is 2.23. The van der Waals surface area contributed by atoms with Gasteiger partial charge in [0.05, 0.1) is 11.3 Å². The average molecular weight is 307 g/mol. The highest BCUT2D eigenvalue weighted by Gasteiger charge is 2.04. The van der Waals surface area contributed by atoms with E-state index in [0.29, 0.717) is 33.7 Å². The van der Waals surface area contributed by atoms with E-state index in [1.807, 2.05) is 12.1 Å². The van der Waals surface area contributed by atoms with E-state index >= 15 is 0 Å². The molecule has 0 bridgehead atoms. The topological polar surface area (TPSA) is 74.7 Å². The average Bonchev–Trinajstić information content (AvgIpc) is 2.42. The van der Waals surface area contributed by atoms with Crippen LogP contribution in [-0.2, 0) is 6.42 Å². The van der Waals surface area contributed by atoms with Crippen LogP contribution in [0.4, 0.5) is 11.5 Å². The van der Waals surface area contributed by atoms with E-state index < -0.39 is 0 Å². The van der Waals surface area contributed by atoms with Crippen LogP contribution in [0.5, 0.6) is 0 Å². The molecule has 1 heterocycles. The summed E-state index contributed by atoms with van der Waals surface area (Å²) in [6.07, 6.45) is 2.20. The number of aromatic nitrogens is 1. The molecule has 2 rings (SSSR count). The Morgan fingerprint density at radius 1 is 1.30 bits per heavy atom. The van der Waals surface area contributed by atoms with Crippen molar-refractivity contribution < 1.29 is 0 Å². The molecule has 0 saturated heterocycles. The highest BCUT2D eigenvalue weighted by Crippen LogP contribution is 2.22. The van der Waals surface area contributed by atoms with E-state index in [4.69, 9.17) is 34.2 Å². The lowest BCUT2D eigenvalue weighted by Gasteiger charge is -2.09. The van der Waals surface area contributed by atoms with E-state index in [9.17, 15) is 0 Å². The van der Waals surface area contributed by atoms with Crippen LogP contribution >= 0.6 is 23.2 Å². The number of hydrogen-bond donors (Lipinski definition) is 2. The summed E-state index contributed by atoms with van der Waals surface area (Å²) in [5.74, 6) is 0.564. The van der Waals surface area contributed by atoms with Crippen LogP contribution in [0.15, 0.2) is 30.5 Å². The first-order valence-corrected chi connectivity index (χ1v) is 6.69. The number of nitrogen functional groups attached to an aromatic ring is 1. The van der Waals surface area contributed by atoms with Crippen LogP contribution in [0.25, 0.3) is 0 Å². The number of rotatable bonds is 4. The zero-order valence-corrected chi connectivity index (χ0v) is 12.0. The number of benzene rings is 1. The Morgan fingerprint density at radius 2 is 2.10 bits per heavy atom. The van der Waals surface area contributed by atoms with Crippen LogP contribution in [0.2, 0.25) is 10.0 Å². The van der Waals surface area contributed by atoms with Gasteiger partial charge in [0.25, 0.3) is 0 Å². The monoisotopic (exact) mass is 306 g/mol. The highest BCUT2D eigenvalue weighted by atomic mass is 35.5. The Kier molecular flexibility index (Phi) is 4.67. The molecule has 4 nitrogen and oxygen atoms in total. The largest absolute Gasteiger partial charge is 0.396 e. The molecule has 1 aromatic heterocycles. The molecule has 0 spiro atoms. The summed E-state index contributed by atoms with van der Waals surface area (Å²) in [5, 5.41) is 13.1. The third-order valence-electron chi connectivity index (χ3n) is 2.75. The molecule has 20 heavy (non-hydrogen) atoms. The van der Waals surface area contributed by atoms with Gasteiger partial charge < -0.3 is 11.1 Å². The van der Waals surface area contributed by atoms with Crippen LogP contribution < -0.4 is 11.1 Å². The van der Waals surface area contributed by atoms with Gasteiger partial charge in [0, 0.05) is 22.8 Å². The van der Waals surface area contributed by atoms with Crippen LogP contribution in [0.3, 0.4) is 0 Å². The second-order valence-electron chi connectivity index (χ2n) is 4.19. The van der Waals surface area contributed by atoms with Crippen molar-refractivity contribution in [2.75, 3.05) is 17.6 Å². The number of nitriles is 1. The van der Waals surface area contributed by atoms with Gasteiger partial charge in [0.1, 0.15) is 11.9 Å². The fraction of sp³-hybridized carbons (Fsp3) is 0.143. The quantitative estimate of drug-likeness (QED) is 0.906. The van der Waals surface area contributed by atoms with Gasteiger partial charge in [0.2, 0.25) is 0 Å². The summed E-state index contributed by atoms with van der Waals surface area (Å²) in [4.78, 5) is 4.10. The second-order valence-corrected chi connectivity index (χ2v) is 5.03. The molecule has 3 N–H and O–H groups in total. The fourth-order valence-electron chi connectivity index (χ4n) is 1.73. The summed E-state index contributed by atoms with van der Waals surface area (Å²) < 4.78 is 0. The number of hydrogen-bond acceptors (Lipinski definition) is 4. The van der Waals surface area contributed by atoms with Crippen molar-refractivity contribution in [1.82, 2.24) is 4.98 Å². The van der Waals surface area contributed by atoms with E-state index in [2.05, 4.69) is 10.3 Å². The lowest BCUT2D eigenvalue weighted by Crippen LogP contribution is -2.09. The molecule has 0 radical (unpaired) electrons. The maximum absolute atomic E-state index is 8.74. The predicted octanol–water partition coefficient (Wildman–Crippen LogP) is 3.50. The first kappa shape index (κ1) is 14.4. The molecule has 2 aromatic rings. The lowest BCUT2D eigenvalue weighted by atomic mass is 10.1. The number of pyridine rings is 1. The molecule has 0 aliphatic carbocycles. The van der Waals surface area contributed by atoms with Gasteiger partial charge in [-0.3, -0.25) is 0 Å². The molecule has 1 aromatic carbocycles. The summed E-state index contributed by atoms with van der Waals surface area (Å²) in [7, 11) is 0. The third kappa shape index (κ3) is 3.53. The van der Waals surface area contributed by atoms with Gasteiger partial charge in [-0.1, -0.05) is 29.3 Å². The molecule has 6 heteroatoms. The first-order chi connectivity index (χ1) is 9.60. The van der Waals surface area contributed by atoms with Gasteiger partial charge in [-0.15, -0.1) is 0 Å². The van der Waals surface area contributed by atoms with Crippen molar-refractivity contribution in [1.29, 1.82) is 5.26 Å². The molecule has 0 aliphatic heterocycles. The van der Waals surface area contributed by atoms with Gasteiger partial charge in [0.15, 0.2) is 0 Å². The molecular weight excluding hydrogens is 295 g/mol. The van der Waals surface area contributed by atoms with Crippen molar-refractivity contribution in [2.45, 2.75) is 6.42 Å². The summed E-state index contributed by atoms with van der Waals surface area (Å²) in [6.45, 7) is 0.629. The molecule has 0 aliphatic rings. The number of nitrogens with two attached hydrogens (primary N) is 1. The minimum atomic E-state index is 0.439. The summed E-state index contributed by atoms with van der Waals surface area (Å²) in [6, 6.07) is 8.99. The Morgan fingerprint density at radius 3 is 2.75 bits per heavy atom. The van der Waals surface area contributed by atoms with Crippen molar-refractivity contribution in [2.24, 2.45) is 0 Å². The van der Waals surface area contributed by atoms with Crippen molar-refractivity contribution in [3.05, 3.63) is 51.6 Å². The molecular formula is C14H12Cl2N4. The maximum atomic E-state index is 8.74. The zero-order chi connectivity index (χ0) is 14.5. The number of anilines is 2. The van der Waals surface area contributed by atoms with Gasteiger partial charge in [-0.05, 0) is 30.2 Å². The van der Waals surface area contributed by atoms with Crippen molar-refractivity contribution >= 4 is 34.7 Å². The summed E-state index contributed by atoms with van der Waals surface area (Å²) in [5.41, 5.74) is 7.69. The van der Waals surface area contributed by atoms with E-state index in [1.54, 1.807) is 18.2 Å². The predicted molar refractivity (Wildman–Crippen MR) is 82.0 cm³/mol. The van der Waals surface area contributed by atoms with Crippen LogP contribution in [-0.4, -0.2) is 11.5 Å². The van der Waals surface area contributed by atoms with E-state index in [1.165, 1.54) is 6.20 Å². The normalized spacial score (nSPS) is 10.1. The van der Waals surface area contributed by atoms with Crippen molar-refractivity contribution in [3.8, 4) is 6.07 Å². The minimum Gasteiger partial charge on any atom is -0.396 e. The maximum Gasteiger partial charge on any atom is 0.149 e. The molecule has 102 valence electrons. The Labute approximate surface area is 127 Å². The molecule has 0 saturated carbocycles. The lowest BCUT2D eigenvalue weighted by molar-refractivity contribution is 1.01. The van der Waals surface area contributed by atoms with Gasteiger partial charge >= 0.3 is 0 Å². The number of nitrogens with one attached hydrogen (secondary N) is 1. The van der Waals surface area contributed by atoms with Crippen LogP contribution in [0.1, 0.15) is 11.1 Å². The Bertz CT molecular complexity index is 665. The number of nitrogens with zero attached hydrogens (tertiary/aromatic N) is 2. The summed E-state index contributed by atoms with van der Waals surface area (Å²) >= 11 is 11.9. The smallest absolute Gasteiger partial charge is 0.149 e. The highest BCUT2D eigenvalue weighted by molar-refractivity contribution is 6.35. The number of halogens is 2. The van der Waals surface area contributed by atoms with E-state index in [-0.39, 0.29) is 0 Å². The SMILES string of the molecule is N#Cc1cnc(NCCc2ccc(Cl)cc2Cl)c(N)c1.